The molecule has 0 amide bonds. The summed E-state index contributed by atoms with van der Waals surface area (Å²) in [7, 11) is 0. The second kappa shape index (κ2) is 4.52. The van der Waals surface area contributed by atoms with Crippen LogP contribution in [0.2, 0.25) is 0 Å². The summed E-state index contributed by atoms with van der Waals surface area (Å²) in [6.45, 7) is 4.28. The maximum atomic E-state index is 5.66. The molecular formula is C9H18N2. The van der Waals surface area contributed by atoms with E-state index in [2.05, 4.69) is 18.3 Å². The van der Waals surface area contributed by atoms with Crippen LogP contribution in [0.15, 0.2) is 11.6 Å². The minimum atomic E-state index is 0.345. The van der Waals surface area contributed by atoms with Crippen molar-refractivity contribution in [2.45, 2.75) is 32.2 Å². The molecule has 2 nitrogen and oxygen atoms in total. The lowest BCUT2D eigenvalue weighted by molar-refractivity contribution is 0.620. The number of hydrogen-bond acceptors (Lipinski definition) is 2. The van der Waals surface area contributed by atoms with Gasteiger partial charge in [0.05, 0.1) is 0 Å². The second-order valence-electron chi connectivity index (χ2n) is 3.34. The third-order valence-electron chi connectivity index (χ3n) is 2.03. The van der Waals surface area contributed by atoms with Crippen molar-refractivity contribution in [3.63, 3.8) is 0 Å². The normalized spacial score (nSPS) is 21.1. The van der Waals surface area contributed by atoms with E-state index in [1.807, 2.05) is 0 Å². The van der Waals surface area contributed by atoms with Crippen LogP contribution in [0.4, 0.5) is 0 Å². The van der Waals surface area contributed by atoms with E-state index in [1.165, 1.54) is 18.4 Å². The van der Waals surface area contributed by atoms with E-state index in [9.17, 15) is 0 Å². The zero-order chi connectivity index (χ0) is 8.10. The summed E-state index contributed by atoms with van der Waals surface area (Å²) in [5.41, 5.74) is 7.20. The second-order valence-corrected chi connectivity index (χ2v) is 3.34. The highest BCUT2D eigenvalue weighted by atomic mass is 14.9. The van der Waals surface area contributed by atoms with Gasteiger partial charge in [-0.05, 0) is 32.7 Å². The lowest BCUT2D eigenvalue weighted by atomic mass is 10.0. The van der Waals surface area contributed by atoms with Gasteiger partial charge in [0.2, 0.25) is 0 Å². The van der Waals surface area contributed by atoms with Crippen molar-refractivity contribution in [1.82, 2.24) is 5.32 Å². The number of rotatable bonds is 3. The third-order valence-corrected chi connectivity index (χ3v) is 2.03. The van der Waals surface area contributed by atoms with E-state index in [0.29, 0.717) is 6.04 Å². The molecule has 0 spiro atoms. The fraction of sp³-hybridized carbons (Fsp3) is 0.778. The minimum absolute atomic E-state index is 0.345. The molecule has 0 aromatic rings. The lowest BCUT2D eigenvalue weighted by Gasteiger charge is -2.14. The molecule has 0 aliphatic carbocycles. The first kappa shape index (κ1) is 8.75. The van der Waals surface area contributed by atoms with Gasteiger partial charge in [0.25, 0.3) is 0 Å². The van der Waals surface area contributed by atoms with Crippen LogP contribution >= 0.6 is 0 Å². The van der Waals surface area contributed by atoms with Crippen molar-refractivity contribution in [2.24, 2.45) is 5.73 Å². The van der Waals surface area contributed by atoms with Gasteiger partial charge in [-0.1, -0.05) is 11.6 Å². The first-order valence-electron chi connectivity index (χ1n) is 4.43. The summed E-state index contributed by atoms with van der Waals surface area (Å²) in [4.78, 5) is 0. The van der Waals surface area contributed by atoms with Gasteiger partial charge in [-0.15, -0.1) is 0 Å². The summed E-state index contributed by atoms with van der Waals surface area (Å²) in [5.74, 6) is 0. The maximum Gasteiger partial charge on any atom is 0.0164 e. The van der Waals surface area contributed by atoms with Crippen molar-refractivity contribution < 1.29 is 0 Å². The molecule has 1 heterocycles. The Hall–Kier alpha value is -0.340. The Bertz CT molecular complexity index is 138. The monoisotopic (exact) mass is 154 g/mol. The van der Waals surface area contributed by atoms with Crippen LogP contribution < -0.4 is 11.1 Å². The zero-order valence-electron chi connectivity index (χ0n) is 7.27. The van der Waals surface area contributed by atoms with Gasteiger partial charge < -0.3 is 11.1 Å². The van der Waals surface area contributed by atoms with E-state index in [-0.39, 0.29) is 0 Å². The molecule has 3 N–H and O–H groups in total. The topological polar surface area (TPSA) is 38.0 Å². The maximum absolute atomic E-state index is 5.66. The van der Waals surface area contributed by atoms with Gasteiger partial charge in [-0.3, -0.25) is 0 Å². The van der Waals surface area contributed by atoms with E-state index < -0.39 is 0 Å². The summed E-state index contributed by atoms with van der Waals surface area (Å²) in [5, 5.41) is 3.35. The highest BCUT2D eigenvalue weighted by Crippen LogP contribution is 2.09. The largest absolute Gasteiger partial charge is 0.328 e. The van der Waals surface area contributed by atoms with Crippen molar-refractivity contribution in [3.8, 4) is 0 Å². The molecule has 64 valence electrons. The Labute approximate surface area is 68.9 Å². The van der Waals surface area contributed by atoms with Gasteiger partial charge in [0.15, 0.2) is 0 Å². The molecule has 0 radical (unpaired) electrons. The van der Waals surface area contributed by atoms with Crippen LogP contribution in [-0.2, 0) is 0 Å². The quantitative estimate of drug-likeness (QED) is 0.596. The highest BCUT2D eigenvalue weighted by Gasteiger charge is 2.03. The molecule has 1 rings (SSSR count). The molecule has 0 saturated heterocycles. The predicted molar refractivity (Wildman–Crippen MR) is 48.5 cm³/mol. The van der Waals surface area contributed by atoms with Gasteiger partial charge in [-0.2, -0.15) is 0 Å². The SMILES string of the molecule is CC(N)CCC1=CCCNC1. The summed E-state index contributed by atoms with van der Waals surface area (Å²) >= 11 is 0. The van der Waals surface area contributed by atoms with E-state index >= 15 is 0 Å². The van der Waals surface area contributed by atoms with Gasteiger partial charge in [0.1, 0.15) is 0 Å². The van der Waals surface area contributed by atoms with Gasteiger partial charge in [-0.25, -0.2) is 0 Å². The standard InChI is InChI=1S/C9H18N2/c1-8(10)4-5-9-3-2-6-11-7-9/h3,8,11H,2,4-7,10H2,1H3. The van der Waals surface area contributed by atoms with Crippen molar-refractivity contribution >= 4 is 0 Å². The smallest absolute Gasteiger partial charge is 0.0164 e. The van der Waals surface area contributed by atoms with Crippen LogP contribution in [0.25, 0.3) is 0 Å². The number of nitrogens with two attached hydrogens (primary N) is 1. The molecule has 0 saturated carbocycles. The van der Waals surface area contributed by atoms with Crippen LogP contribution in [0, 0.1) is 0 Å². The van der Waals surface area contributed by atoms with Crippen LogP contribution in [0.5, 0.6) is 0 Å². The average molecular weight is 154 g/mol. The molecule has 0 aromatic heterocycles. The zero-order valence-corrected chi connectivity index (χ0v) is 7.27. The molecule has 2 heteroatoms. The van der Waals surface area contributed by atoms with Crippen molar-refractivity contribution in [3.05, 3.63) is 11.6 Å². The molecule has 1 atom stereocenters. The first-order valence-corrected chi connectivity index (χ1v) is 4.43. The van der Waals surface area contributed by atoms with Crippen LogP contribution in [0.3, 0.4) is 0 Å². The van der Waals surface area contributed by atoms with Crippen molar-refractivity contribution in [1.29, 1.82) is 0 Å². The number of hydrogen-bond donors (Lipinski definition) is 2. The molecular weight excluding hydrogens is 136 g/mol. The molecule has 1 aliphatic rings. The van der Waals surface area contributed by atoms with E-state index in [4.69, 9.17) is 5.73 Å². The van der Waals surface area contributed by atoms with Gasteiger partial charge in [0, 0.05) is 12.6 Å². The van der Waals surface area contributed by atoms with Crippen LogP contribution in [0.1, 0.15) is 26.2 Å². The molecule has 0 bridgehead atoms. The Balaban J connectivity index is 2.19. The average Bonchev–Trinajstić information content (AvgIpc) is 2.03. The Morgan fingerprint density at radius 2 is 2.55 bits per heavy atom. The van der Waals surface area contributed by atoms with E-state index in [0.717, 1.165) is 19.5 Å². The fourth-order valence-corrected chi connectivity index (χ4v) is 1.30. The Morgan fingerprint density at radius 1 is 1.73 bits per heavy atom. The number of nitrogens with one attached hydrogen (secondary N) is 1. The molecule has 1 aliphatic heterocycles. The van der Waals surface area contributed by atoms with Crippen LogP contribution in [-0.4, -0.2) is 19.1 Å². The first-order chi connectivity index (χ1) is 5.29. The third kappa shape index (κ3) is 3.54. The summed E-state index contributed by atoms with van der Waals surface area (Å²) < 4.78 is 0. The Kier molecular flexibility index (Phi) is 3.60. The Morgan fingerprint density at radius 3 is 3.09 bits per heavy atom. The fourth-order valence-electron chi connectivity index (χ4n) is 1.30. The molecule has 0 fully saturated rings. The highest BCUT2D eigenvalue weighted by molar-refractivity contribution is 5.07. The van der Waals surface area contributed by atoms with Gasteiger partial charge >= 0.3 is 0 Å². The molecule has 0 aromatic carbocycles. The van der Waals surface area contributed by atoms with E-state index in [1.54, 1.807) is 0 Å². The molecule has 1 unspecified atom stereocenters. The minimum Gasteiger partial charge on any atom is -0.328 e. The predicted octanol–water partition coefficient (Wildman–Crippen LogP) is 1.03. The van der Waals surface area contributed by atoms with Crippen molar-refractivity contribution in [2.75, 3.05) is 13.1 Å². The molecule has 11 heavy (non-hydrogen) atoms. The summed E-state index contributed by atoms with van der Waals surface area (Å²) in [6, 6.07) is 0.345. The lowest BCUT2D eigenvalue weighted by Crippen LogP contribution is -2.23. The summed E-state index contributed by atoms with van der Waals surface area (Å²) in [6.07, 6.45) is 5.82.